The van der Waals surface area contributed by atoms with Crippen LogP contribution in [0.3, 0.4) is 0 Å². The zero-order chi connectivity index (χ0) is 16.3. The molecule has 0 aromatic heterocycles. The van der Waals surface area contributed by atoms with E-state index in [4.69, 9.17) is 4.74 Å². The van der Waals surface area contributed by atoms with Gasteiger partial charge in [0.2, 0.25) is 0 Å². The number of carbonyl (C=O) groups excluding carboxylic acids is 1. The van der Waals surface area contributed by atoms with Crippen molar-refractivity contribution in [2.45, 2.75) is 45.5 Å². The Morgan fingerprint density at radius 1 is 1.19 bits per heavy atom. The Morgan fingerprint density at radius 3 is 2.14 bits per heavy atom. The van der Waals surface area contributed by atoms with Gasteiger partial charge in [0.25, 0.3) is 0 Å². The number of carbonyl (C=O) groups is 1. The predicted octanol–water partition coefficient (Wildman–Crippen LogP) is 3.70. The van der Waals surface area contributed by atoms with E-state index in [-0.39, 0.29) is 12.6 Å². The third-order valence-electron chi connectivity index (χ3n) is 2.71. The molecule has 0 aliphatic carbocycles. The fourth-order valence-electron chi connectivity index (χ4n) is 1.69. The van der Waals surface area contributed by atoms with E-state index in [9.17, 15) is 18.0 Å². The minimum absolute atomic E-state index is 0.000537. The minimum Gasteiger partial charge on any atom is -0.459 e. The van der Waals surface area contributed by atoms with Crippen molar-refractivity contribution in [2.24, 2.45) is 0 Å². The first kappa shape index (κ1) is 17.5. The van der Waals surface area contributed by atoms with Gasteiger partial charge in [0, 0.05) is 6.04 Å². The van der Waals surface area contributed by atoms with Crippen LogP contribution in [0.25, 0.3) is 0 Å². The molecule has 21 heavy (non-hydrogen) atoms. The van der Waals surface area contributed by atoms with Crippen LogP contribution in [0.4, 0.5) is 13.2 Å². The molecular weight excluding hydrogens is 283 g/mol. The maximum absolute atomic E-state index is 12.5. The summed E-state index contributed by atoms with van der Waals surface area (Å²) in [7, 11) is 0. The van der Waals surface area contributed by atoms with Gasteiger partial charge in [-0.1, -0.05) is 12.1 Å². The van der Waals surface area contributed by atoms with Gasteiger partial charge in [0.1, 0.15) is 5.60 Å². The normalized spacial score (nSPS) is 13.9. The molecule has 1 aromatic rings. The average molecular weight is 303 g/mol. The van der Waals surface area contributed by atoms with Gasteiger partial charge >= 0.3 is 12.1 Å². The Hall–Kier alpha value is -1.56. The summed E-state index contributed by atoms with van der Waals surface area (Å²) in [5.74, 6) is -0.402. The van der Waals surface area contributed by atoms with Gasteiger partial charge in [-0.15, -0.1) is 0 Å². The average Bonchev–Trinajstić information content (AvgIpc) is 2.33. The summed E-state index contributed by atoms with van der Waals surface area (Å²) in [6.45, 7) is 7.07. The lowest BCUT2D eigenvalue weighted by molar-refractivity contribution is -0.153. The minimum atomic E-state index is -4.34. The van der Waals surface area contributed by atoms with E-state index in [1.54, 1.807) is 27.7 Å². The number of esters is 1. The molecule has 0 fully saturated rings. The first-order valence-corrected chi connectivity index (χ1v) is 6.61. The number of hydrogen-bond donors (Lipinski definition) is 1. The highest BCUT2D eigenvalue weighted by Crippen LogP contribution is 2.29. The van der Waals surface area contributed by atoms with E-state index in [2.05, 4.69) is 5.32 Å². The number of ether oxygens (including phenoxy) is 1. The van der Waals surface area contributed by atoms with Crippen molar-refractivity contribution in [1.82, 2.24) is 5.32 Å². The molecule has 0 bridgehead atoms. The van der Waals surface area contributed by atoms with Crippen LogP contribution in [0, 0.1) is 0 Å². The summed E-state index contributed by atoms with van der Waals surface area (Å²) in [5, 5.41) is 2.92. The number of halogens is 3. The van der Waals surface area contributed by atoms with Crippen LogP contribution in [0.2, 0.25) is 0 Å². The Labute approximate surface area is 122 Å². The lowest BCUT2D eigenvalue weighted by atomic mass is 10.1. The topological polar surface area (TPSA) is 38.3 Å². The van der Waals surface area contributed by atoms with Crippen molar-refractivity contribution in [3.05, 3.63) is 35.4 Å². The van der Waals surface area contributed by atoms with E-state index < -0.39 is 23.3 Å². The third kappa shape index (κ3) is 6.16. The summed E-state index contributed by atoms with van der Waals surface area (Å²) in [4.78, 5) is 11.5. The maximum atomic E-state index is 12.5. The van der Waals surface area contributed by atoms with Crippen LogP contribution in [-0.2, 0) is 15.7 Å². The first-order valence-electron chi connectivity index (χ1n) is 6.61. The number of hydrogen-bond acceptors (Lipinski definition) is 3. The molecular formula is C15H20F3NO2. The number of rotatable bonds is 4. The van der Waals surface area contributed by atoms with E-state index in [0.717, 1.165) is 12.1 Å². The van der Waals surface area contributed by atoms with Crippen LogP contribution in [-0.4, -0.2) is 18.1 Å². The van der Waals surface area contributed by atoms with E-state index in [0.29, 0.717) is 5.56 Å². The molecule has 0 aliphatic rings. The van der Waals surface area contributed by atoms with E-state index in [1.807, 2.05) is 0 Å². The van der Waals surface area contributed by atoms with Crippen molar-refractivity contribution in [1.29, 1.82) is 0 Å². The molecule has 1 rings (SSSR count). The molecule has 0 saturated heterocycles. The monoisotopic (exact) mass is 303 g/mol. The van der Waals surface area contributed by atoms with Crippen molar-refractivity contribution >= 4 is 5.97 Å². The summed E-state index contributed by atoms with van der Waals surface area (Å²) >= 11 is 0. The van der Waals surface area contributed by atoms with Crippen LogP contribution >= 0.6 is 0 Å². The number of benzene rings is 1. The largest absolute Gasteiger partial charge is 0.459 e. The summed E-state index contributed by atoms with van der Waals surface area (Å²) in [6.07, 6.45) is -4.34. The third-order valence-corrected chi connectivity index (χ3v) is 2.71. The Balaban J connectivity index is 2.56. The molecule has 1 N–H and O–H groups in total. The van der Waals surface area contributed by atoms with Crippen LogP contribution in [0.1, 0.15) is 44.9 Å². The van der Waals surface area contributed by atoms with Crippen LogP contribution < -0.4 is 5.32 Å². The highest BCUT2D eigenvalue weighted by molar-refractivity contribution is 5.72. The van der Waals surface area contributed by atoms with E-state index in [1.165, 1.54) is 12.1 Å². The maximum Gasteiger partial charge on any atom is 0.416 e. The van der Waals surface area contributed by atoms with Gasteiger partial charge < -0.3 is 10.1 Å². The van der Waals surface area contributed by atoms with Gasteiger partial charge in [-0.05, 0) is 45.4 Å². The van der Waals surface area contributed by atoms with E-state index >= 15 is 0 Å². The quantitative estimate of drug-likeness (QED) is 0.862. The van der Waals surface area contributed by atoms with Crippen molar-refractivity contribution in [3.8, 4) is 0 Å². The highest BCUT2D eigenvalue weighted by Gasteiger charge is 2.30. The van der Waals surface area contributed by atoms with Crippen molar-refractivity contribution in [2.75, 3.05) is 6.54 Å². The smallest absolute Gasteiger partial charge is 0.416 e. The number of alkyl halides is 3. The second kappa shape index (κ2) is 6.47. The summed E-state index contributed by atoms with van der Waals surface area (Å²) in [6, 6.07) is 4.60. The fraction of sp³-hybridized carbons (Fsp3) is 0.533. The molecule has 1 atom stereocenters. The summed E-state index contributed by atoms with van der Waals surface area (Å²) in [5.41, 5.74) is -0.576. The molecule has 6 heteroatoms. The molecule has 118 valence electrons. The second-order valence-corrected chi connectivity index (χ2v) is 5.81. The van der Waals surface area contributed by atoms with Crippen LogP contribution in [0.15, 0.2) is 24.3 Å². The first-order chi connectivity index (χ1) is 9.49. The molecule has 1 aromatic carbocycles. The molecule has 0 spiro atoms. The van der Waals surface area contributed by atoms with Crippen molar-refractivity contribution in [3.63, 3.8) is 0 Å². The van der Waals surface area contributed by atoms with Gasteiger partial charge in [0.15, 0.2) is 0 Å². The molecule has 0 radical (unpaired) electrons. The lowest BCUT2D eigenvalue weighted by Crippen LogP contribution is -2.32. The lowest BCUT2D eigenvalue weighted by Gasteiger charge is -2.21. The highest BCUT2D eigenvalue weighted by atomic mass is 19.4. The molecule has 0 saturated carbocycles. The standard InChI is InChI=1S/C15H20F3NO2/c1-10(19-9-13(20)21-14(2,3)4)11-5-7-12(8-6-11)15(16,17)18/h5-8,10,19H,9H2,1-4H3. The van der Waals surface area contributed by atoms with Gasteiger partial charge in [-0.3, -0.25) is 4.79 Å². The SMILES string of the molecule is CC(NCC(=O)OC(C)(C)C)c1ccc(C(F)(F)F)cc1. The zero-order valence-corrected chi connectivity index (χ0v) is 12.5. The molecule has 0 aliphatic heterocycles. The molecule has 0 heterocycles. The van der Waals surface area contributed by atoms with Gasteiger partial charge in [0.05, 0.1) is 12.1 Å². The second-order valence-electron chi connectivity index (χ2n) is 5.81. The molecule has 1 unspecified atom stereocenters. The molecule has 3 nitrogen and oxygen atoms in total. The Bertz CT molecular complexity index is 475. The van der Waals surface area contributed by atoms with Crippen LogP contribution in [0.5, 0.6) is 0 Å². The molecule has 0 amide bonds. The Kier molecular flexibility index (Phi) is 5.39. The van der Waals surface area contributed by atoms with Gasteiger partial charge in [-0.25, -0.2) is 0 Å². The zero-order valence-electron chi connectivity index (χ0n) is 12.5. The summed E-state index contributed by atoms with van der Waals surface area (Å²) < 4.78 is 42.5. The number of nitrogens with one attached hydrogen (secondary N) is 1. The van der Waals surface area contributed by atoms with Gasteiger partial charge in [-0.2, -0.15) is 13.2 Å². The fourth-order valence-corrected chi connectivity index (χ4v) is 1.69. The Morgan fingerprint density at radius 2 is 1.71 bits per heavy atom. The van der Waals surface area contributed by atoms with Crippen molar-refractivity contribution < 1.29 is 22.7 Å². The predicted molar refractivity (Wildman–Crippen MR) is 73.7 cm³/mol.